The summed E-state index contributed by atoms with van der Waals surface area (Å²) in [5, 5.41) is 0. The molecule has 16 heavy (non-hydrogen) atoms. The molecule has 0 aliphatic heterocycles. The van der Waals surface area contributed by atoms with Crippen molar-refractivity contribution in [2.75, 3.05) is 6.61 Å². The smallest absolute Gasteiger partial charge is 0.165 e. The van der Waals surface area contributed by atoms with Crippen LogP contribution in [0, 0.1) is 5.82 Å². The first kappa shape index (κ1) is 12.7. The average Bonchev–Trinajstić information content (AvgIpc) is 2.26. The number of hydrogen-bond donors (Lipinski definition) is 1. The molecule has 1 rings (SSSR count). The lowest BCUT2D eigenvalue weighted by atomic mass is 10.1. The summed E-state index contributed by atoms with van der Waals surface area (Å²) in [6, 6.07) is 4.68. The zero-order valence-electron chi connectivity index (χ0n) is 9.58. The van der Waals surface area contributed by atoms with E-state index in [4.69, 9.17) is 10.5 Å². The van der Waals surface area contributed by atoms with Crippen LogP contribution in [0.25, 0.3) is 0 Å². The van der Waals surface area contributed by atoms with Gasteiger partial charge in [0.05, 0.1) is 6.61 Å². The van der Waals surface area contributed by atoms with Crippen molar-refractivity contribution in [3.8, 4) is 5.75 Å². The lowest BCUT2D eigenvalue weighted by Gasteiger charge is -2.10. The van der Waals surface area contributed by atoms with E-state index in [1.165, 1.54) is 6.07 Å². The van der Waals surface area contributed by atoms with Gasteiger partial charge in [0.15, 0.2) is 11.6 Å². The van der Waals surface area contributed by atoms with E-state index in [0.717, 1.165) is 18.4 Å². The number of ether oxygens (including phenoxy) is 1. The first-order valence-corrected chi connectivity index (χ1v) is 5.44. The molecule has 0 aromatic heterocycles. The van der Waals surface area contributed by atoms with Crippen molar-refractivity contribution in [2.45, 2.75) is 25.8 Å². The van der Waals surface area contributed by atoms with Crippen molar-refractivity contribution in [2.24, 2.45) is 5.73 Å². The van der Waals surface area contributed by atoms with Crippen molar-refractivity contribution < 1.29 is 9.13 Å². The molecule has 0 saturated carbocycles. The van der Waals surface area contributed by atoms with Crippen LogP contribution in [0.5, 0.6) is 5.75 Å². The molecule has 0 saturated heterocycles. The highest BCUT2D eigenvalue weighted by Gasteiger charge is 2.06. The molecular formula is C13H18FNO. The molecule has 1 aromatic carbocycles. The summed E-state index contributed by atoms with van der Waals surface area (Å²) < 4.78 is 18.8. The Bertz CT molecular complexity index is 350. The van der Waals surface area contributed by atoms with Gasteiger partial charge in [0.25, 0.3) is 0 Å². The Labute approximate surface area is 95.9 Å². The van der Waals surface area contributed by atoms with E-state index in [2.05, 4.69) is 6.58 Å². The Balaban J connectivity index is 2.57. The minimum absolute atomic E-state index is 0.163. The highest BCUT2D eigenvalue weighted by Crippen LogP contribution is 2.21. The third-order valence-electron chi connectivity index (χ3n) is 2.29. The molecule has 3 heteroatoms. The van der Waals surface area contributed by atoms with Gasteiger partial charge in [0, 0.05) is 6.04 Å². The molecule has 88 valence electrons. The summed E-state index contributed by atoms with van der Waals surface area (Å²) in [5.41, 5.74) is 6.43. The number of unbranched alkanes of at least 4 members (excludes halogenated alkanes) is 1. The van der Waals surface area contributed by atoms with E-state index in [0.29, 0.717) is 6.61 Å². The third kappa shape index (κ3) is 3.66. The molecule has 0 aliphatic carbocycles. The Morgan fingerprint density at radius 1 is 1.56 bits per heavy atom. The molecule has 1 atom stereocenters. The van der Waals surface area contributed by atoms with E-state index < -0.39 is 0 Å². The quantitative estimate of drug-likeness (QED) is 0.593. The van der Waals surface area contributed by atoms with Crippen LogP contribution in [0.3, 0.4) is 0 Å². The topological polar surface area (TPSA) is 35.2 Å². The summed E-state index contributed by atoms with van der Waals surface area (Å²) in [5.74, 6) is -0.0677. The first-order valence-electron chi connectivity index (χ1n) is 5.44. The maximum atomic E-state index is 13.5. The van der Waals surface area contributed by atoms with Crippen LogP contribution in [0.2, 0.25) is 0 Å². The van der Waals surface area contributed by atoms with Crippen LogP contribution in [-0.2, 0) is 0 Å². The summed E-state index contributed by atoms with van der Waals surface area (Å²) >= 11 is 0. The minimum Gasteiger partial charge on any atom is -0.491 e. The number of benzene rings is 1. The van der Waals surface area contributed by atoms with Crippen LogP contribution in [-0.4, -0.2) is 6.61 Å². The summed E-state index contributed by atoms with van der Waals surface area (Å²) in [4.78, 5) is 0. The molecule has 0 amide bonds. The molecule has 0 bridgehead atoms. The van der Waals surface area contributed by atoms with Crippen molar-refractivity contribution in [3.05, 3.63) is 42.2 Å². The summed E-state index contributed by atoms with van der Waals surface area (Å²) in [6.45, 7) is 5.93. The minimum atomic E-state index is -0.353. The zero-order chi connectivity index (χ0) is 12.0. The number of hydrogen-bond acceptors (Lipinski definition) is 2. The van der Waals surface area contributed by atoms with Gasteiger partial charge in [0.2, 0.25) is 0 Å². The highest BCUT2D eigenvalue weighted by molar-refractivity contribution is 5.30. The van der Waals surface area contributed by atoms with Crippen molar-refractivity contribution in [1.29, 1.82) is 0 Å². The highest BCUT2D eigenvalue weighted by atomic mass is 19.1. The normalized spacial score (nSPS) is 12.2. The van der Waals surface area contributed by atoms with E-state index in [1.807, 2.05) is 13.0 Å². The monoisotopic (exact) mass is 223 g/mol. The number of nitrogens with two attached hydrogens (primary N) is 1. The van der Waals surface area contributed by atoms with Crippen LogP contribution >= 0.6 is 0 Å². The van der Waals surface area contributed by atoms with Crippen molar-refractivity contribution >= 4 is 0 Å². The third-order valence-corrected chi connectivity index (χ3v) is 2.29. The standard InChI is InChI=1S/C13H18FNO/c1-3-4-5-8-16-13-7-6-11(10(2)15)9-12(13)14/h3,6-7,9-10H,1,4-5,8,15H2,2H3/t10-/m0/s1. The zero-order valence-corrected chi connectivity index (χ0v) is 9.58. The fraction of sp³-hybridized carbons (Fsp3) is 0.385. The average molecular weight is 223 g/mol. The van der Waals surface area contributed by atoms with Crippen LogP contribution in [0.1, 0.15) is 31.4 Å². The maximum Gasteiger partial charge on any atom is 0.165 e. The molecule has 2 nitrogen and oxygen atoms in total. The fourth-order valence-electron chi connectivity index (χ4n) is 1.33. The van der Waals surface area contributed by atoms with Crippen LogP contribution in [0.15, 0.2) is 30.9 Å². The van der Waals surface area contributed by atoms with Gasteiger partial charge >= 0.3 is 0 Å². The van der Waals surface area contributed by atoms with Gasteiger partial charge in [-0.2, -0.15) is 0 Å². The molecule has 0 aliphatic rings. The SMILES string of the molecule is C=CCCCOc1ccc([C@H](C)N)cc1F. The van der Waals surface area contributed by atoms with Gasteiger partial charge in [0.1, 0.15) is 0 Å². The second kappa shape index (κ2) is 6.28. The van der Waals surface area contributed by atoms with Gasteiger partial charge < -0.3 is 10.5 Å². The Kier molecular flexibility index (Phi) is 4.99. The van der Waals surface area contributed by atoms with E-state index in [-0.39, 0.29) is 17.6 Å². The predicted octanol–water partition coefficient (Wildman–Crippen LogP) is 3.19. The lowest BCUT2D eigenvalue weighted by Crippen LogP contribution is -2.06. The largest absolute Gasteiger partial charge is 0.491 e. The van der Waals surface area contributed by atoms with E-state index in [1.54, 1.807) is 12.1 Å². The van der Waals surface area contributed by atoms with Gasteiger partial charge in [-0.15, -0.1) is 6.58 Å². The number of halogens is 1. The van der Waals surface area contributed by atoms with Gasteiger partial charge in [-0.1, -0.05) is 12.1 Å². The first-order chi connectivity index (χ1) is 7.65. The lowest BCUT2D eigenvalue weighted by molar-refractivity contribution is 0.296. The van der Waals surface area contributed by atoms with Crippen LogP contribution < -0.4 is 10.5 Å². The molecule has 0 radical (unpaired) electrons. The Hall–Kier alpha value is -1.35. The Morgan fingerprint density at radius 2 is 2.31 bits per heavy atom. The molecule has 0 fully saturated rings. The number of allylic oxidation sites excluding steroid dienone is 1. The molecule has 2 N–H and O–H groups in total. The van der Waals surface area contributed by atoms with Gasteiger partial charge in [-0.25, -0.2) is 4.39 Å². The molecule has 0 spiro atoms. The van der Waals surface area contributed by atoms with Crippen molar-refractivity contribution in [1.82, 2.24) is 0 Å². The van der Waals surface area contributed by atoms with E-state index in [9.17, 15) is 4.39 Å². The molecule has 0 unspecified atom stereocenters. The number of rotatable bonds is 6. The molecular weight excluding hydrogens is 205 g/mol. The molecule has 1 aromatic rings. The van der Waals surface area contributed by atoms with E-state index >= 15 is 0 Å². The summed E-state index contributed by atoms with van der Waals surface area (Å²) in [7, 11) is 0. The predicted molar refractivity (Wildman–Crippen MR) is 63.9 cm³/mol. The fourth-order valence-corrected chi connectivity index (χ4v) is 1.33. The second-order valence-electron chi connectivity index (χ2n) is 3.76. The van der Waals surface area contributed by atoms with Crippen molar-refractivity contribution in [3.63, 3.8) is 0 Å². The van der Waals surface area contributed by atoms with Gasteiger partial charge in [-0.3, -0.25) is 0 Å². The molecule has 0 heterocycles. The maximum absolute atomic E-state index is 13.5. The van der Waals surface area contributed by atoms with Gasteiger partial charge in [-0.05, 0) is 37.5 Å². The Morgan fingerprint density at radius 3 is 2.88 bits per heavy atom. The van der Waals surface area contributed by atoms with Crippen LogP contribution in [0.4, 0.5) is 4.39 Å². The second-order valence-corrected chi connectivity index (χ2v) is 3.76. The summed E-state index contributed by atoms with van der Waals surface area (Å²) in [6.07, 6.45) is 3.54.